The molecular weight excluding hydrogens is 326 g/mol. The second-order valence-electron chi connectivity index (χ2n) is 3.74. The summed E-state index contributed by atoms with van der Waals surface area (Å²) in [5.41, 5.74) is 7.06. The van der Waals surface area contributed by atoms with Crippen LogP contribution in [0, 0.1) is 0 Å². The predicted octanol–water partition coefficient (Wildman–Crippen LogP) is 3.23. The molecule has 0 saturated carbocycles. The van der Waals surface area contributed by atoms with E-state index in [1.54, 1.807) is 18.0 Å². The van der Waals surface area contributed by atoms with Gasteiger partial charge in [0.2, 0.25) is 0 Å². The molecule has 2 rings (SSSR count). The zero-order valence-electron chi connectivity index (χ0n) is 9.95. The summed E-state index contributed by atoms with van der Waals surface area (Å²) >= 11 is 5.07. The topological polar surface area (TPSA) is 71.5 Å². The van der Waals surface area contributed by atoms with Gasteiger partial charge in [-0.15, -0.1) is 11.8 Å². The summed E-state index contributed by atoms with van der Waals surface area (Å²) in [6, 6.07) is 11.8. The fourth-order valence-electron chi connectivity index (χ4n) is 1.52. The van der Waals surface area contributed by atoms with Crippen LogP contribution in [0.3, 0.4) is 0 Å². The Kier molecular flexibility index (Phi) is 4.81. The van der Waals surface area contributed by atoms with Crippen LogP contribution in [-0.4, -0.2) is 16.0 Å². The van der Waals surface area contributed by atoms with Crippen molar-refractivity contribution < 1.29 is 5.21 Å². The van der Waals surface area contributed by atoms with Gasteiger partial charge in [0.15, 0.2) is 5.84 Å². The monoisotopic (exact) mass is 337 g/mol. The summed E-state index contributed by atoms with van der Waals surface area (Å²) in [7, 11) is 0. The smallest absolute Gasteiger partial charge is 0.189 e. The molecule has 1 heterocycles. The molecule has 0 saturated heterocycles. The van der Waals surface area contributed by atoms with Gasteiger partial charge in [-0.3, -0.25) is 4.98 Å². The van der Waals surface area contributed by atoms with Crippen LogP contribution in [0.15, 0.2) is 57.1 Å². The number of oxime groups is 1. The summed E-state index contributed by atoms with van der Waals surface area (Å²) < 4.78 is 1.05. The molecule has 0 aliphatic carbocycles. The summed E-state index contributed by atoms with van der Waals surface area (Å²) in [6.45, 7) is 0. The lowest BCUT2D eigenvalue weighted by molar-refractivity contribution is 0.318. The SMILES string of the molecule is NC(=NO)c1ncccc1CSc1ccc(Br)cc1. The largest absolute Gasteiger partial charge is 0.409 e. The molecule has 3 N–H and O–H groups in total. The van der Waals surface area contributed by atoms with Crippen molar-refractivity contribution in [3.05, 3.63) is 58.3 Å². The molecule has 0 unspecified atom stereocenters. The molecule has 0 fully saturated rings. The molecule has 0 aliphatic heterocycles. The van der Waals surface area contributed by atoms with E-state index in [1.165, 1.54) is 0 Å². The Labute approximate surface area is 123 Å². The number of pyridine rings is 1. The van der Waals surface area contributed by atoms with Crippen molar-refractivity contribution in [3.8, 4) is 0 Å². The lowest BCUT2D eigenvalue weighted by Gasteiger charge is -2.07. The zero-order valence-corrected chi connectivity index (χ0v) is 12.4. The maximum atomic E-state index is 8.74. The standard InChI is InChI=1S/C13H12BrN3OS/c14-10-3-5-11(6-4-10)19-8-9-2-1-7-16-12(9)13(15)17-18/h1-7,18H,8H2,(H2,15,17). The average Bonchev–Trinajstić information content (AvgIpc) is 2.46. The minimum atomic E-state index is 0.0343. The number of amidine groups is 1. The predicted molar refractivity (Wildman–Crippen MR) is 80.5 cm³/mol. The van der Waals surface area contributed by atoms with Gasteiger partial charge in [0.1, 0.15) is 5.69 Å². The minimum absolute atomic E-state index is 0.0343. The van der Waals surface area contributed by atoms with Crippen LogP contribution < -0.4 is 5.73 Å². The lowest BCUT2D eigenvalue weighted by Crippen LogP contribution is -2.17. The maximum absolute atomic E-state index is 8.74. The van der Waals surface area contributed by atoms with Gasteiger partial charge in [0.25, 0.3) is 0 Å². The van der Waals surface area contributed by atoms with Crippen LogP contribution in [0.4, 0.5) is 0 Å². The highest BCUT2D eigenvalue weighted by Gasteiger charge is 2.08. The van der Waals surface area contributed by atoms with E-state index in [4.69, 9.17) is 10.9 Å². The van der Waals surface area contributed by atoms with Gasteiger partial charge in [-0.05, 0) is 35.9 Å². The van der Waals surface area contributed by atoms with E-state index < -0.39 is 0 Å². The molecule has 0 atom stereocenters. The van der Waals surface area contributed by atoms with Crippen molar-refractivity contribution in [3.63, 3.8) is 0 Å². The van der Waals surface area contributed by atoms with Crippen LogP contribution in [0.1, 0.15) is 11.3 Å². The van der Waals surface area contributed by atoms with Crippen LogP contribution in [0.2, 0.25) is 0 Å². The fourth-order valence-corrected chi connectivity index (χ4v) is 2.67. The first kappa shape index (κ1) is 13.9. The molecule has 6 heteroatoms. The van der Waals surface area contributed by atoms with Gasteiger partial charge >= 0.3 is 0 Å². The number of hydrogen-bond donors (Lipinski definition) is 2. The first-order valence-electron chi connectivity index (χ1n) is 5.51. The summed E-state index contributed by atoms with van der Waals surface area (Å²) in [6.07, 6.45) is 1.63. The molecule has 98 valence electrons. The van der Waals surface area contributed by atoms with Crippen molar-refractivity contribution in [1.82, 2.24) is 4.98 Å². The highest BCUT2D eigenvalue weighted by atomic mass is 79.9. The molecule has 0 aliphatic rings. The third kappa shape index (κ3) is 3.71. The third-order valence-corrected chi connectivity index (χ3v) is 4.04. The molecular formula is C13H12BrN3OS. The molecule has 0 radical (unpaired) electrons. The van der Waals surface area contributed by atoms with E-state index in [1.807, 2.05) is 36.4 Å². The summed E-state index contributed by atoms with van der Waals surface area (Å²) in [4.78, 5) is 5.29. The van der Waals surface area contributed by atoms with Crippen LogP contribution in [0.25, 0.3) is 0 Å². The van der Waals surface area contributed by atoms with Crippen molar-refractivity contribution >= 4 is 33.5 Å². The molecule has 0 bridgehead atoms. The van der Waals surface area contributed by atoms with Gasteiger partial charge < -0.3 is 10.9 Å². The average molecular weight is 338 g/mol. The van der Waals surface area contributed by atoms with Crippen LogP contribution in [0.5, 0.6) is 0 Å². The van der Waals surface area contributed by atoms with E-state index in [9.17, 15) is 0 Å². The van der Waals surface area contributed by atoms with Crippen molar-refractivity contribution in [2.24, 2.45) is 10.9 Å². The number of hydrogen-bond acceptors (Lipinski definition) is 4. The number of nitrogens with two attached hydrogens (primary N) is 1. The first-order chi connectivity index (χ1) is 9.20. The van der Waals surface area contributed by atoms with Gasteiger partial charge in [0, 0.05) is 21.3 Å². The van der Waals surface area contributed by atoms with Crippen molar-refractivity contribution in [2.45, 2.75) is 10.6 Å². The highest BCUT2D eigenvalue weighted by Crippen LogP contribution is 2.25. The Balaban J connectivity index is 2.13. The van der Waals surface area contributed by atoms with E-state index in [0.29, 0.717) is 11.4 Å². The van der Waals surface area contributed by atoms with Gasteiger partial charge in [-0.2, -0.15) is 0 Å². The van der Waals surface area contributed by atoms with Gasteiger partial charge in [-0.25, -0.2) is 0 Å². The zero-order chi connectivity index (χ0) is 13.7. The normalized spacial score (nSPS) is 11.5. The molecule has 2 aromatic rings. The maximum Gasteiger partial charge on any atom is 0.189 e. The number of nitrogens with zero attached hydrogens (tertiary/aromatic N) is 2. The number of benzene rings is 1. The Morgan fingerprint density at radius 2 is 2.05 bits per heavy atom. The second-order valence-corrected chi connectivity index (χ2v) is 5.70. The Bertz CT molecular complexity index is 587. The van der Waals surface area contributed by atoms with E-state index >= 15 is 0 Å². The Morgan fingerprint density at radius 3 is 2.74 bits per heavy atom. The van der Waals surface area contributed by atoms with Gasteiger partial charge in [0.05, 0.1) is 0 Å². The molecule has 4 nitrogen and oxygen atoms in total. The van der Waals surface area contributed by atoms with Crippen molar-refractivity contribution in [1.29, 1.82) is 0 Å². The minimum Gasteiger partial charge on any atom is -0.409 e. The van der Waals surface area contributed by atoms with Crippen molar-refractivity contribution in [2.75, 3.05) is 0 Å². The highest BCUT2D eigenvalue weighted by molar-refractivity contribution is 9.10. The lowest BCUT2D eigenvalue weighted by atomic mass is 10.2. The van der Waals surface area contributed by atoms with Crippen LogP contribution in [-0.2, 0) is 5.75 Å². The van der Waals surface area contributed by atoms with E-state index in [0.717, 1.165) is 14.9 Å². The first-order valence-corrected chi connectivity index (χ1v) is 7.28. The summed E-state index contributed by atoms with van der Waals surface area (Å²) in [5, 5.41) is 11.7. The molecule has 0 spiro atoms. The number of rotatable bonds is 4. The number of aromatic nitrogens is 1. The second kappa shape index (κ2) is 6.58. The fraction of sp³-hybridized carbons (Fsp3) is 0.0769. The molecule has 1 aromatic carbocycles. The third-order valence-electron chi connectivity index (χ3n) is 2.45. The molecule has 19 heavy (non-hydrogen) atoms. The van der Waals surface area contributed by atoms with Crippen LogP contribution >= 0.6 is 27.7 Å². The number of thioether (sulfide) groups is 1. The molecule has 1 aromatic heterocycles. The molecule has 0 amide bonds. The Hall–Kier alpha value is -1.53. The van der Waals surface area contributed by atoms with Gasteiger partial charge in [-0.1, -0.05) is 27.2 Å². The number of halogens is 1. The Morgan fingerprint density at radius 1 is 1.32 bits per heavy atom. The van der Waals surface area contributed by atoms with E-state index in [2.05, 4.69) is 26.1 Å². The summed E-state index contributed by atoms with van der Waals surface area (Å²) in [5.74, 6) is 0.744. The quantitative estimate of drug-likeness (QED) is 0.295. The van der Waals surface area contributed by atoms with E-state index in [-0.39, 0.29) is 5.84 Å².